The number of hydrogen-bond donors (Lipinski definition) is 1. The summed E-state index contributed by atoms with van der Waals surface area (Å²) in [5.74, 6) is 2.49. The average molecular weight is 274 g/mol. The van der Waals surface area contributed by atoms with Crippen molar-refractivity contribution in [3.05, 3.63) is 36.4 Å². The van der Waals surface area contributed by atoms with Crippen LogP contribution in [0.15, 0.2) is 34.9 Å². The lowest BCUT2D eigenvalue weighted by Gasteiger charge is -2.03. The lowest BCUT2D eigenvalue weighted by Crippen LogP contribution is -2.14. The Hall–Kier alpha value is -1.81. The number of aryl methyl sites for hydroxylation is 1. The summed E-state index contributed by atoms with van der Waals surface area (Å²) in [4.78, 5) is 4.32. The highest BCUT2D eigenvalue weighted by atomic mass is 16.5. The molecular formula is C16H22N2O2. The predicted octanol–water partition coefficient (Wildman–Crippen LogP) is 3.28. The first-order valence-electron chi connectivity index (χ1n) is 7.22. The molecule has 0 bridgehead atoms. The summed E-state index contributed by atoms with van der Waals surface area (Å²) in [5, 5.41) is 3.29. The third kappa shape index (κ3) is 4.10. The molecule has 1 heterocycles. The second kappa shape index (κ2) is 7.70. The maximum absolute atomic E-state index is 5.77. The molecule has 0 amide bonds. The highest BCUT2D eigenvalue weighted by Crippen LogP contribution is 2.23. The molecule has 4 heteroatoms. The van der Waals surface area contributed by atoms with Gasteiger partial charge in [0.1, 0.15) is 5.75 Å². The van der Waals surface area contributed by atoms with E-state index >= 15 is 0 Å². The minimum atomic E-state index is 0.678. The maximum atomic E-state index is 5.77. The minimum Gasteiger partial charge on any atom is -0.494 e. The number of oxazole rings is 1. The third-order valence-electron chi connectivity index (χ3n) is 3.00. The molecule has 0 aliphatic carbocycles. The Labute approximate surface area is 120 Å². The van der Waals surface area contributed by atoms with E-state index in [9.17, 15) is 0 Å². The molecule has 0 atom stereocenters. The van der Waals surface area contributed by atoms with Crippen molar-refractivity contribution < 1.29 is 9.15 Å². The van der Waals surface area contributed by atoms with Crippen LogP contribution in [0.25, 0.3) is 11.3 Å². The molecule has 0 fully saturated rings. The van der Waals surface area contributed by atoms with Gasteiger partial charge in [-0.25, -0.2) is 4.98 Å². The number of nitrogens with zero attached hydrogens (tertiary/aromatic N) is 1. The second-order valence-corrected chi connectivity index (χ2v) is 4.53. The average Bonchev–Trinajstić information content (AvgIpc) is 2.94. The van der Waals surface area contributed by atoms with Crippen LogP contribution in [0.4, 0.5) is 0 Å². The van der Waals surface area contributed by atoms with Crippen molar-refractivity contribution >= 4 is 0 Å². The molecule has 0 unspecified atom stereocenters. The van der Waals surface area contributed by atoms with Gasteiger partial charge in [-0.3, -0.25) is 0 Å². The van der Waals surface area contributed by atoms with Crippen LogP contribution < -0.4 is 10.1 Å². The highest BCUT2D eigenvalue weighted by Gasteiger charge is 2.06. The summed E-state index contributed by atoms with van der Waals surface area (Å²) in [6.07, 6.45) is 3.69. The molecule has 0 saturated heterocycles. The molecule has 2 aromatic rings. The summed E-state index contributed by atoms with van der Waals surface area (Å²) in [6.45, 7) is 6.76. The van der Waals surface area contributed by atoms with Gasteiger partial charge in [-0.1, -0.05) is 6.92 Å². The number of ether oxygens (including phenoxy) is 1. The lowest BCUT2D eigenvalue weighted by molar-refractivity contribution is 0.340. The fourth-order valence-electron chi connectivity index (χ4n) is 1.98. The fraction of sp³-hybridized carbons (Fsp3) is 0.438. The van der Waals surface area contributed by atoms with Gasteiger partial charge in [0.25, 0.3) is 0 Å². The number of nitrogens with one attached hydrogen (secondary N) is 1. The Bertz CT molecular complexity index is 505. The van der Waals surface area contributed by atoms with Crippen molar-refractivity contribution in [1.29, 1.82) is 0 Å². The van der Waals surface area contributed by atoms with Gasteiger partial charge in [0, 0.05) is 12.0 Å². The lowest BCUT2D eigenvalue weighted by atomic mass is 10.2. The molecule has 1 N–H and O–H groups in total. The molecule has 108 valence electrons. The first-order valence-corrected chi connectivity index (χ1v) is 7.22. The first-order chi connectivity index (χ1) is 9.83. The molecule has 0 saturated carbocycles. The van der Waals surface area contributed by atoms with Gasteiger partial charge in [0.05, 0.1) is 12.8 Å². The van der Waals surface area contributed by atoms with Crippen LogP contribution in [-0.4, -0.2) is 24.7 Å². The van der Waals surface area contributed by atoms with Gasteiger partial charge in [0.2, 0.25) is 0 Å². The van der Waals surface area contributed by atoms with E-state index in [0.29, 0.717) is 6.61 Å². The smallest absolute Gasteiger partial charge is 0.194 e. The summed E-state index contributed by atoms with van der Waals surface area (Å²) in [7, 11) is 0. The van der Waals surface area contributed by atoms with Crippen LogP contribution in [0, 0.1) is 0 Å². The molecule has 0 spiro atoms. The SMILES string of the molecule is CCNCCCc1ncc(-c2ccc(OCC)cc2)o1. The molecule has 1 aromatic heterocycles. The van der Waals surface area contributed by atoms with E-state index in [-0.39, 0.29) is 0 Å². The van der Waals surface area contributed by atoms with Crippen molar-refractivity contribution in [3.8, 4) is 17.1 Å². The number of aromatic nitrogens is 1. The Morgan fingerprint density at radius 3 is 2.70 bits per heavy atom. The molecule has 1 aromatic carbocycles. The van der Waals surface area contributed by atoms with Crippen LogP contribution in [-0.2, 0) is 6.42 Å². The Morgan fingerprint density at radius 2 is 2.00 bits per heavy atom. The van der Waals surface area contributed by atoms with Crippen molar-refractivity contribution in [1.82, 2.24) is 10.3 Å². The van der Waals surface area contributed by atoms with Gasteiger partial charge in [-0.2, -0.15) is 0 Å². The topological polar surface area (TPSA) is 47.3 Å². The van der Waals surface area contributed by atoms with Gasteiger partial charge < -0.3 is 14.5 Å². The Morgan fingerprint density at radius 1 is 1.20 bits per heavy atom. The van der Waals surface area contributed by atoms with Gasteiger partial charge in [-0.05, 0) is 50.7 Å². The maximum Gasteiger partial charge on any atom is 0.194 e. The fourth-order valence-corrected chi connectivity index (χ4v) is 1.98. The molecule has 0 radical (unpaired) electrons. The van der Waals surface area contributed by atoms with Crippen LogP contribution in [0.1, 0.15) is 26.2 Å². The quantitative estimate of drug-likeness (QED) is 0.750. The Balaban J connectivity index is 1.93. The van der Waals surface area contributed by atoms with Gasteiger partial charge in [-0.15, -0.1) is 0 Å². The van der Waals surface area contributed by atoms with Gasteiger partial charge >= 0.3 is 0 Å². The second-order valence-electron chi connectivity index (χ2n) is 4.53. The number of hydrogen-bond acceptors (Lipinski definition) is 4. The third-order valence-corrected chi connectivity index (χ3v) is 3.00. The van der Waals surface area contributed by atoms with E-state index in [1.54, 1.807) is 6.20 Å². The zero-order valence-corrected chi connectivity index (χ0v) is 12.2. The standard InChI is InChI=1S/C16H22N2O2/c1-3-17-11-5-6-16-18-12-15(20-16)13-7-9-14(10-8-13)19-4-2/h7-10,12,17H,3-6,11H2,1-2H3. The molecule has 4 nitrogen and oxygen atoms in total. The highest BCUT2D eigenvalue weighted by molar-refractivity contribution is 5.57. The zero-order chi connectivity index (χ0) is 14.2. The van der Waals surface area contributed by atoms with E-state index in [2.05, 4.69) is 17.2 Å². The Kier molecular flexibility index (Phi) is 5.62. The van der Waals surface area contributed by atoms with Crippen LogP contribution >= 0.6 is 0 Å². The molecule has 20 heavy (non-hydrogen) atoms. The van der Waals surface area contributed by atoms with E-state index in [4.69, 9.17) is 9.15 Å². The summed E-state index contributed by atoms with van der Waals surface area (Å²) < 4.78 is 11.2. The van der Waals surface area contributed by atoms with Gasteiger partial charge in [0.15, 0.2) is 11.7 Å². The molecule has 0 aliphatic rings. The minimum absolute atomic E-state index is 0.678. The molecule has 2 rings (SSSR count). The molecular weight excluding hydrogens is 252 g/mol. The van der Waals surface area contributed by atoms with Crippen molar-refractivity contribution in [2.24, 2.45) is 0 Å². The van der Waals surface area contributed by atoms with Crippen molar-refractivity contribution in [2.45, 2.75) is 26.7 Å². The van der Waals surface area contributed by atoms with E-state index < -0.39 is 0 Å². The monoisotopic (exact) mass is 274 g/mol. The van der Waals surface area contributed by atoms with Crippen molar-refractivity contribution in [2.75, 3.05) is 19.7 Å². The van der Waals surface area contributed by atoms with Crippen LogP contribution in [0.2, 0.25) is 0 Å². The predicted molar refractivity (Wildman–Crippen MR) is 80.0 cm³/mol. The van der Waals surface area contributed by atoms with E-state index in [0.717, 1.165) is 48.9 Å². The van der Waals surface area contributed by atoms with E-state index in [1.165, 1.54) is 0 Å². The van der Waals surface area contributed by atoms with E-state index in [1.807, 2.05) is 31.2 Å². The molecule has 0 aliphatic heterocycles. The summed E-state index contributed by atoms with van der Waals surface area (Å²) in [6, 6.07) is 7.89. The largest absolute Gasteiger partial charge is 0.494 e. The normalized spacial score (nSPS) is 10.7. The number of rotatable bonds is 8. The van der Waals surface area contributed by atoms with Crippen molar-refractivity contribution in [3.63, 3.8) is 0 Å². The summed E-state index contributed by atoms with van der Waals surface area (Å²) >= 11 is 0. The zero-order valence-electron chi connectivity index (χ0n) is 12.2. The van der Waals surface area contributed by atoms with Crippen LogP contribution in [0.5, 0.6) is 5.75 Å². The first kappa shape index (κ1) is 14.6. The summed E-state index contributed by atoms with van der Waals surface area (Å²) in [5.41, 5.74) is 1.03. The number of benzene rings is 1. The van der Waals surface area contributed by atoms with Crippen LogP contribution in [0.3, 0.4) is 0 Å².